The minimum Gasteiger partial charge on any atom is -0.372 e. The van der Waals surface area contributed by atoms with Gasteiger partial charge in [0.05, 0.1) is 0 Å². The molecule has 0 unspecified atom stereocenters. The molecule has 0 aliphatic carbocycles. The monoisotopic (exact) mass is 309 g/mol. The van der Waals surface area contributed by atoms with Crippen molar-refractivity contribution in [3.8, 4) is 0 Å². The lowest BCUT2D eigenvalue weighted by atomic mass is 10.1. The Kier molecular flexibility index (Phi) is 4.51. The van der Waals surface area contributed by atoms with E-state index in [-0.39, 0.29) is 6.03 Å². The van der Waals surface area contributed by atoms with Crippen LogP contribution in [0.2, 0.25) is 0 Å². The highest BCUT2D eigenvalue weighted by molar-refractivity contribution is 6.00. The summed E-state index contributed by atoms with van der Waals surface area (Å²) in [5.41, 5.74) is 5.05. The van der Waals surface area contributed by atoms with Gasteiger partial charge in [0, 0.05) is 30.2 Å². The molecule has 0 bridgehead atoms. The predicted octanol–water partition coefficient (Wildman–Crippen LogP) is 4.55. The number of benzene rings is 2. The maximum atomic E-state index is 12.2. The van der Waals surface area contributed by atoms with E-state index in [0.717, 1.165) is 35.6 Å². The van der Waals surface area contributed by atoms with Crippen LogP contribution in [0.25, 0.3) is 0 Å². The summed E-state index contributed by atoms with van der Waals surface area (Å²) in [5.74, 6) is 0. The van der Waals surface area contributed by atoms with E-state index in [1.54, 1.807) is 0 Å². The maximum Gasteiger partial charge on any atom is 0.323 e. The second-order valence-corrected chi connectivity index (χ2v) is 6.14. The van der Waals surface area contributed by atoms with Gasteiger partial charge in [0.1, 0.15) is 0 Å². The van der Waals surface area contributed by atoms with Gasteiger partial charge in [-0.15, -0.1) is 0 Å². The van der Waals surface area contributed by atoms with E-state index in [2.05, 4.69) is 27.7 Å². The van der Waals surface area contributed by atoms with Gasteiger partial charge in [-0.25, -0.2) is 4.79 Å². The summed E-state index contributed by atoms with van der Waals surface area (Å²) in [4.78, 5) is 14.5. The van der Waals surface area contributed by atoms with Crippen LogP contribution in [-0.4, -0.2) is 19.1 Å². The van der Waals surface area contributed by atoms with Crippen LogP contribution in [0, 0.1) is 13.8 Å². The number of amides is 2. The summed E-state index contributed by atoms with van der Waals surface area (Å²) in [6.07, 6.45) is 2.52. The summed E-state index contributed by atoms with van der Waals surface area (Å²) in [6, 6.07) is 13.9. The molecule has 2 aromatic rings. The van der Waals surface area contributed by atoms with Crippen molar-refractivity contribution in [2.75, 3.05) is 28.6 Å². The standard InChI is InChI=1S/C19H23N3O/c1-14-5-6-15(2)18(13-14)21-19(23)20-16-7-9-17(10-8-16)22-11-3-4-12-22/h5-10,13H,3-4,11-12H2,1-2H3,(H2,20,21,23). The number of carbonyl (C=O) groups excluding carboxylic acids is 1. The summed E-state index contributed by atoms with van der Waals surface area (Å²) >= 11 is 0. The molecule has 0 radical (unpaired) electrons. The highest BCUT2D eigenvalue weighted by atomic mass is 16.2. The number of urea groups is 1. The second kappa shape index (κ2) is 6.73. The molecule has 0 atom stereocenters. The number of nitrogens with one attached hydrogen (secondary N) is 2. The van der Waals surface area contributed by atoms with Crippen molar-refractivity contribution in [1.82, 2.24) is 0 Å². The van der Waals surface area contributed by atoms with E-state index in [1.165, 1.54) is 18.5 Å². The van der Waals surface area contributed by atoms with E-state index in [1.807, 2.05) is 44.2 Å². The number of rotatable bonds is 3. The molecule has 3 rings (SSSR count). The first-order valence-electron chi connectivity index (χ1n) is 8.12. The van der Waals surface area contributed by atoms with Crippen molar-refractivity contribution in [1.29, 1.82) is 0 Å². The zero-order chi connectivity index (χ0) is 16.2. The fourth-order valence-corrected chi connectivity index (χ4v) is 2.89. The van der Waals surface area contributed by atoms with Gasteiger partial charge in [-0.05, 0) is 68.1 Å². The molecule has 23 heavy (non-hydrogen) atoms. The van der Waals surface area contributed by atoms with Crippen LogP contribution in [0.3, 0.4) is 0 Å². The molecular formula is C19H23N3O. The van der Waals surface area contributed by atoms with E-state index in [9.17, 15) is 4.79 Å². The van der Waals surface area contributed by atoms with Crippen molar-refractivity contribution in [2.24, 2.45) is 0 Å². The van der Waals surface area contributed by atoms with Crippen molar-refractivity contribution in [2.45, 2.75) is 26.7 Å². The first-order chi connectivity index (χ1) is 11.1. The highest BCUT2D eigenvalue weighted by Gasteiger charge is 2.12. The molecule has 2 aromatic carbocycles. The van der Waals surface area contributed by atoms with Crippen LogP contribution in [0.15, 0.2) is 42.5 Å². The lowest BCUT2D eigenvalue weighted by molar-refractivity contribution is 0.262. The van der Waals surface area contributed by atoms with E-state index in [0.29, 0.717) is 0 Å². The third-order valence-corrected chi connectivity index (χ3v) is 4.24. The first kappa shape index (κ1) is 15.4. The van der Waals surface area contributed by atoms with Crippen LogP contribution < -0.4 is 15.5 Å². The van der Waals surface area contributed by atoms with Crippen LogP contribution >= 0.6 is 0 Å². The molecule has 2 amide bonds. The summed E-state index contributed by atoms with van der Waals surface area (Å²) in [6.45, 7) is 6.25. The number of carbonyl (C=O) groups is 1. The molecule has 1 heterocycles. The fraction of sp³-hybridized carbons (Fsp3) is 0.316. The fourth-order valence-electron chi connectivity index (χ4n) is 2.89. The lowest BCUT2D eigenvalue weighted by Gasteiger charge is -2.18. The average Bonchev–Trinajstić information content (AvgIpc) is 3.06. The highest BCUT2D eigenvalue weighted by Crippen LogP contribution is 2.22. The molecule has 1 aliphatic heterocycles. The Morgan fingerprint density at radius 3 is 2.35 bits per heavy atom. The summed E-state index contributed by atoms with van der Waals surface area (Å²) in [5, 5.41) is 5.80. The van der Waals surface area contributed by atoms with Crippen molar-refractivity contribution >= 4 is 23.1 Å². The van der Waals surface area contributed by atoms with Gasteiger partial charge < -0.3 is 15.5 Å². The molecule has 4 nitrogen and oxygen atoms in total. The van der Waals surface area contributed by atoms with Crippen molar-refractivity contribution < 1.29 is 4.79 Å². The Balaban J connectivity index is 1.62. The van der Waals surface area contributed by atoms with Crippen LogP contribution in [0.5, 0.6) is 0 Å². The van der Waals surface area contributed by atoms with Gasteiger partial charge >= 0.3 is 6.03 Å². The number of aryl methyl sites for hydroxylation is 2. The maximum absolute atomic E-state index is 12.2. The molecule has 120 valence electrons. The van der Waals surface area contributed by atoms with Gasteiger partial charge in [0.15, 0.2) is 0 Å². The molecule has 1 saturated heterocycles. The van der Waals surface area contributed by atoms with E-state index in [4.69, 9.17) is 0 Å². The third kappa shape index (κ3) is 3.83. The molecule has 1 aliphatic rings. The van der Waals surface area contributed by atoms with Crippen molar-refractivity contribution in [3.05, 3.63) is 53.6 Å². The molecular weight excluding hydrogens is 286 g/mol. The van der Waals surface area contributed by atoms with E-state index < -0.39 is 0 Å². The predicted molar refractivity (Wildman–Crippen MR) is 96.4 cm³/mol. The minimum absolute atomic E-state index is 0.215. The SMILES string of the molecule is Cc1ccc(C)c(NC(=O)Nc2ccc(N3CCCC3)cc2)c1. The largest absolute Gasteiger partial charge is 0.372 e. The van der Waals surface area contributed by atoms with Crippen LogP contribution in [0.4, 0.5) is 21.9 Å². The van der Waals surface area contributed by atoms with Crippen molar-refractivity contribution in [3.63, 3.8) is 0 Å². The molecule has 0 saturated carbocycles. The number of hydrogen-bond donors (Lipinski definition) is 2. The zero-order valence-electron chi connectivity index (χ0n) is 13.7. The molecule has 0 spiro atoms. The Hall–Kier alpha value is -2.49. The Morgan fingerprint density at radius 2 is 1.65 bits per heavy atom. The van der Waals surface area contributed by atoms with E-state index >= 15 is 0 Å². The Labute approximate surface area is 137 Å². The zero-order valence-corrected chi connectivity index (χ0v) is 13.7. The molecule has 0 aromatic heterocycles. The normalized spacial score (nSPS) is 13.9. The van der Waals surface area contributed by atoms with Gasteiger partial charge in [0.2, 0.25) is 0 Å². The molecule has 1 fully saturated rings. The third-order valence-electron chi connectivity index (χ3n) is 4.24. The number of nitrogens with zero attached hydrogens (tertiary/aromatic N) is 1. The first-order valence-corrected chi connectivity index (χ1v) is 8.12. The number of anilines is 3. The Bertz CT molecular complexity index is 688. The second-order valence-electron chi connectivity index (χ2n) is 6.14. The number of hydrogen-bond acceptors (Lipinski definition) is 2. The molecule has 4 heteroatoms. The van der Waals surface area contributed by atoms with Gasteiger partial charge in [-0.3, -0.25) is 0 Å². The van der Waals surface area contributed by atoms with Gasteiger partial charge in [-0.1, -0.05) is 12.1 Å². The van der Waals surface area contributed by atoms with Gasteiger partial charge in [0.25, 0.3) is 0 Å². The lowest BCUT2D eigenvalue weighted by Crippen LogP contribution is -2.20. The molecule has 2 N–H and O–H groups in total. The minimum atomic E-state index is -0.215. The van der Waals surface area contributed by atoms with Crippen LogP contribution in [-0.2, 0) is 0 Å². The Morgan fingerprint density at radius 1 is 0.957 bits per heavy atom. The topological polar surface area (TPSA) is 44.4 Å². The summed E-state index contributed by atoms with van der Waals surface area (Å²) in [7, 11) is 0. The van der Waals surface area contributed by atoms with Crippen LogP contribution in [0.1, 0.15) is 24.0 Å². The smallest absolute Gasteiger partial charge is 0.323 e. The van der Waals surface area contributed by atoms with Gasteiger partial charge in [-0.2, -0.15) is 0 Å². The summed E-state index contributed by atoms with van der Waals surface area (Å²) < 4.78 is 0. The quantitative estimate of drug-likeness (QED) is 0.873. The average molecular weight is 309 g/mol.